The molecule has 0 fully saturated rings. The third-order valence-corrected chi connectivity index (χ3v) is 2.54. The van der Waals surface area contributed by atoms with Gasteiger partial charge in [-0.2, -0.15) is 0 Å². The van der Waals surface area contributed by atoms with Crippen LogP contribution in [0.3, 0.4) is 0 Å². The lowest BCUT2D eigenvalue weighted by Gasteiger charge is -2.25. The summed E-state index contributed by atoms with van der Waals surface area (Å²) in [4.78, 5) is 0. The van der Waals surface area contributed by atoms with Crippen LogP contribution < -0.4 is 5.73 Å². The van der Waals surface area contributed by atoms with Crippen molar-refractivity contribution in [3.8, 4) is 0 Å². The van der Waals surface area contributed by atoms with Crippen LogP contribution in [0.1, 0.15) is 26.7 Å². The van der Waals surface area contributed by atoms with Crippen LogP contribution in [0.2, 0.25) is 0 Å². The number of hydrogen-bond donors (Lipinski definition) is 1. The van der Waals surface area contributed by atoms with Gasteiger partial charge in [0.25, 0.3) is 0 Å². The summed E-state index contributed by atoms with van der Waals surface area (Å²) >= 11 is 0. The van der Waals surface area contributed by atoms with E-state index in [2.05, 4.69) is 26.5 Å². The standard InChI is InChI=1S/C10H17N/c1-7(2)9-5-4-8(3)10(11)6-9/h4,9-10H,1,5-6,11H2,2-3H3/t9-,10+/m1/s1. The molecule has 0 amide bonds. The van der Waals surface area contributed by atoms with E-state index in [4.69, 9.17) is 5.73 Å². The summed E-state index contributed by atoms with van der Waals surface area (Å²) in [5, 5.41) is 0. The average Bonchev–Trinajstić information content (AvgIpc) is 1.94. The van der Waals surface area contributed by atoms with Gasteiger partial charge in [-0.3, -0.25) is 0 Å². The second-order valence-corrected chi connectivity index (χ2v) is 3.57. The zero-order valence-corrected chi connectivity index (χ0v) is 7.43. The molecule has 0 heterocycles. The lowest BCUT2D eigenvalue weighted by atomic mass is 9.83. The maximum absolute atomic E-state index is 5.90. The molecule has 1 rings (SSSR count). The summed E-state index contributed by atoms with van der Waals surface area (Å²) in [5.41, 5.74) is 8.50. The third-order valence-electron chi connectivity index (χ3n) is 2.54. The number of rotatable bonds is 1. The van der Waals surface area contributed by atoms with E-state index in [0.717, 1.165) is 12.8 Å². The molecular formula is C10H17N. The fourth-order valence-corrected chi connectivity index (χ4v) is 1.47. The number of nitrogens with two attached hydrogens (primary N) is 1. The highest BCUT2D eigenvalue weighted by Gasteiger charge is 2.18. The summed E-state index contributed by atoms with van der Waals surface area (Å²) in [6.07, 6.45) is 4.46. The van der Waals surface area contributed by atoms with Gasteiger partial charge in [0.1, 0.15) is 0 Å². The molecule has 0 radical (unpaired) electrons. The highest BCUT2D eigenvalue weighted by Crippen LogP contribution is 2.26. The average molecular weight is 151 g/mol. The topological polar surface area (TPSA) is 26.0 Å². The van der Waals surface area contributed by atoms with Gasteiger partial charge >= 0.3 is 0 Å². The van der Waals surface area contributed by atoms with Gasteiger partial charge in [0.05, 0.1) is 0 Å². The Morgan fingerprint density at radius 1 is 1.73 bits per heavy atom. The maximum Gasteiger partial charge on any atom is 0.0256 e. The molecule has 1 nitrogen and oxygen atoms in total. The molecule has 0 saturated heterocycles. The fraction of sp³-hybridized carbons (Fsp3) is 0.600. The van der Waals surface area contributed by atoms with E-state index in [1.807, 2.05) is 0 Å². The van der Waals surface area contributed by atoms with Crippen LogP contribution in [0, 0.1) is 5.92 Å². The molecule has 2 N–H and O–H groups in total. The molecule has 2 atom stereocenters. The Balaban J connectivity index is 2.62. The second-order valence-electron chi connectivity index (χ2n) is 3.57. The van der Waals surface area contributed by atoms with Gasteiger partial charge in [0.15, 0.2) is 0 Å². The Kier molecular flexibility index (Phi) is 2.50. The smallest absolute Gasteiger partial charge is 0.0256 e. The van der Waals surface area contributed by atoms with Gasteiger partial charge in [-0.1, -0.05) is 23.8 Å². The van der Waals surface area contributed by atoms with Gasteiger partial charge in [-0.15, -0.1) is 0 Å². The minimum absolute atomic E-state index is 0.269. The summed E-state index contributed by atoms with van der Waals surface area (Å²) < 4.78 is 0. The quantitative estimate of drug-likeness (QED) is 0.571. The molecule has 0 aromatic rings. The van der Waals surface area contributed by atoms with Gasteiger partial charge < -0.3 is 5.73 Å². The first-order valence-electron chi connectivity index (χ1n) is 4.19. The van der Waals surface area contributed by atoms with Crippen molar-refractivity contribution in [1.82, 2.24) is 0 Å². The fourth-order valence-electron chi connectivity index (χ4n) is 1.47. The van der Waals surface area contributed by atoms with Crippen molar-refractivity contribution >= 4 is 0 Å². The van der Waals surface area contributed by atoms with Crippen LogP contribution in [0.25, 0.3) is 0 Å². The molecular weight excluding hydrogens is 134 g/mol. The Morgan fingerprint density at radius 2 is 2.36 bits per heavy atom. The lowest BCUT2D eigenvalue weighted by Crippen LogP contribution is -2.28. The van der Waals surface area contributed by atoms with Crippen LogP contribution in [0.4, 0.5) is 0 Å². The van der Waals surface area contributed by atoms with Crippen molar-refractivity contribution in [3.63, 3.8) is 0 Å². The first-order chi connectivity index (χ1) is 5.11. The van der Waals surface area contributed by atoms with Crippen molar-refractivity contribution in [3.05, 3.63) is 23.8 Å². The van der Waals surface area contributed by atoms with Gasteiger partial charge in [0.2, 0.25) is 0 Å². The van der Waals surface area contributed by atoms with Crippen molar-refractivity contribution in [2.24, 2.45) is 11.7 Å². The van der Waals surface area contributed by atoms with Crippen LogP contribution in [0.15, 0.2) is 23.8 Å². The highest BCUT2D eigenvalue weighted by atomic mass is 14.6. The molecule has 62 valence electrons. The van der Waals surface area contributed by atoms with Gasteiger partial charge in [-0.25, -0.2) is 0 Å². The molecule has 0 aromatic carbocycles. The molecule has 1 heteroatoms. The molecule has 1 aliphatic carbocycles. The van der Waals surface area contributed by atoms with Gasteiger partial charge in [-0.05, 0) is 32.6 Å². The van der Waals surface area contributed by atoms with E-state index >= 15 is 0 Å². The minimum atomic E-state index is 0.269. The predicted octanol–water partition coefficient (Wildman–Crippen LogP) is 2.25. The summed E-state index contributed by atoms with van der Waals surface area (Å²) in [6.45, 7) is 8.15. The van der Waals surface area contributed by atoms with E-state index in [-0.39, 0.29) is 6.04 Å². The SMILES string of the molecule is C=C(C)[C@@H]1CC=C(C)[C@@H](N)C1. The van der Waals surface area contributed by atoms with Crippen LogP contribution in [-0.4, -0.2) is 6.04 Å². The molecule has 0 aromatic heterocycles. The molecule has 0 bridgehead atoms. The van der Waals surface area contributed by atoms with E-state index in [0.29, 0.717) is 5.92 Å². The first kappa shape index (κ1) is 8.54. The van der Waals surface area contributed by atoms with E-state index in [1.165, 1.54) is 11.1 Å². The second kappa shape index (κ2) is 3.22. The lowest BCUT2D eigenvalue weighted by molar-refractivity contribution is 0.493. The van der Waals surface area contributed by atoms with E-state index < -0.39 is 0 Å². The third kappa shape index (κ3) is 1.93. The van der Waals surface area contributed by atoms with E-state index in [9.17, 15) is 0 Å². The maximum atomic E-state index is 5.90. The van der Waals surface area contributed by atoms with Crippen molar-refractivity contribution in [1.29, 1.82) is 0 Å². The van der Waals surface area contributed by atoms with Crippen LogP contribution in [-0.2, 0) is 0 Å². The molecule has 1 aliphatic rings. The van der Waals surface area contributed by atoms with Crippen LogP contribution >= 0.6 is 0 Å². The molecule has 11 heavy (non-hydrogen) atoms. The van der Waals surface area contributed by atoms with Gasteiger partial charge in [0, 0.05) is 6.04 Å². The zero-order valence-electron chi connectivity index (χ0n) is 7.43. The molecule has 0 spiro atoms. The summed E-state index contributed by atoms with van der Waals surface area (Å²) in [5.74, 6) is 0.619. The zero-order chi connectivity index (χ0) is 8.43. The molecule has 0 saturated carbocycles. The Hall–Kier alpha value is -0.560. The number of hydrogen-bond acceptors (Lipinski definition) is 1. The number of allylic oxidation sites excluding steroid dienone is 2. The molecule has 0 aliphatic heterocycles. The predicted molar refractivity (Wildman–Crippen MR) is 49.3 cm³/mol. The van der Waals surface area contributed by atoms with Crippen LogP contribution in [0.5, 0.6) is 0 Å². The van der Waals surface area contributed by atoms with Crippen molar-refractivity contribution < 1.29 is 0 Å². The van der Waals surface area contributed by atoms with E-state index in [1.54, 1.807) is 0 Å². The summed E-state index contributed by atoms with van der Waals surface area (Å²) in [6, 6.07) is 0.269. The summed E-state index contributed by atoms with van der Waals surface area (Å²) in [7, 11) is 0. The minimum Gasteiger partial charge on any atom is -0.324 e. The monoisotopic (exact) mass is 151 g/mol. The Bertz CT molecular complexity index is 191. The largest absolute Gasteiger partial charge is 0.324 e. The molecule has 0 unspecified atom stereocenters. The highest BCUT2D eigenvalue weighted by molar-refractivity contribution is 5.15. The Morgan fingerprint density at radius 3 is 2.82 bits per heavy atom. The van der Waals surface area contributed by atoms with Crippen molar-refractivity contribution in [2.75, 3.05) is 0 Å². The van der Waals surface area contributed by atoms with Crippen molar-refractivity contribution in [2.45, 2.75) is 32.7 Å². The Labute approximate surface area is 69.0 Å². The normalized spacial score (nSPS) is 31.4. The first-order valence-corrected chi connectivity index (χ1v) is 4.19.